The average molecular weight is 354 g/mol. The van der Waals surface area contributed by atoms with Crippen molar-refractivity contribution in [3.63, 3.8) is 0 Å². The average Bonchev–Trinajstić information content (AvgIpc) is 3.30. The van der Waals surface area contributed by atoms with E-state index in [1.165, 1.54) is 6.08 Å². The topological polar surface area (TPSA) is 84.7 Å². The predicted molar refractivity (Wildman–Crippen MR) is 98.7 cm³/mol. The molecule has 25 heavy (non-hydrogen) atoms. The van der Waals surface area contributed by atoms with Crippen LogP contribution in [0.1, 0.15) is 10.7 Å². The predicted octanol–water partition coefficient (Wildman–Crippen LogP) is 2.27. The van der Waals surface area contributed by atoms with E-state index < -0.39 is 0 Å². The van der Waals surface area contributed by atoms with Crippen LogP contribution in [0.15, 0.2) is 48.1 Å². The highest BCUT2D eigenvalue weighted by atomic mass is 32.1. The van der Waals surface area contributed by atoms with Crippen molar-refractivity contribution < 1.29 is 4.79 Å². The Morgan fingerprint density at radius 1 is 1.32 bits per heavy atom. The van der Waals surface area contributed by atoms with E-state index in [0.29, 0.717) is 30.5 Å². The first kappa shape index (κ1) is 16.8. The fourth-order valence-electron chi connectivity index (χ4n) is 2.14. The Bertz CT molecular complexity index is 842. The van der Waals surface area contributed by atoms with E-state index in [1.54, 1.807) is 28.3 Å². The zero-order valence-corrected chi connectivity index (χ0v) is 14.5. The summed E-state index contributed by atoms with van der Waals surface area (Å²) in [5.41, 5.74) is 0. The van der Waals surface area contributed by atoms with E-state index in [1.807, 2.05) is 42.8 Å². The third-order valence-electron chi connectivity index (χ3n) is 3.24. The van der Waals surface area contributed by atoms with Crippen LogP contribution < -0.4 is 10.6 Å². The summed E-state index contributed by atoms with van der Waals surface area (Å²) in [4.78, 5) is 21.5. The van der Waals surface area contributed by atoms with E-state index in [2.05, 4.69) is 25.7 Å². The van der Waals surface area contributed by atoms with Crippen molar-refractivity contribution in [1.29, 1.82) is 0 Å². The summed E-state index contributed by atoms with van der Waals surface area (Å²) >= 11 is 1.59. The lowest BCUT2D eigenvalue weighted by Crippen LogP contribution is -2.27. The van der Waals surface area contributed by atoms with Gasteiger partial charge in [0.05, 0.1) is 0 Å². The van der Waals surface area contributed by atoms with Crippen molar-refractivity contribution >= 4 is 29.1 Å². The molecule has 128 valence electrons. The highest BCUT2D eigenvalue weighted by molar-refractivity contribution is 7.10. The first-order valence-electron chi connectivity index (χ1n) is 7.80. The number of nitrogens with one attached hydrogen (secondary N) is 2. The number of thiophene rings is 1. The van der Waals surface area contributed by atoms with Crippen LogP contribution in [-0.4, -0.2) is 38.7 Å². The molecule has 0 radical (unpaired) electrons. The zero-order valence-electron chi connectivity index (χ0n) is 13.7. The van der Waals surface area contributed by atoms with Gasteiger partial charge >= 0.3 is 0 Å². The van der Waals surface area contributed by atoms with Gasteiger partial charge in [0.15, 0.2) is 5.82 Å². The second-order valence-electron chi connectivity index (χ2n) is 5.18. The van der Waals surface area contributed by atoms with Crippen molar-refractivity contribution in [2.24, 2.45) is 0 Å². The largest absolute Gasteiger partial charge is 0.368 e. The number of hydrogen-bond donors (Lipinski definition) is 2. The quantitative estimate of drug-likeness (QED) is 0.502. The van der Waals surface area contributed by atoms with Gasteiger partial charge in [-0.05, 0) is 30.5 Å². The van der Waals surface area contributed by atoms with Gasteiger partial charge in [0, 0.05) is 42.5 Å². The Kier molecular flexibility index (Phi) is 5.53. The van der Waals surface area contributed by atoms with E-state index in [4.69, 9.17) is 0 Å². The summed E-state index contributed by atoms with van der Waals surface area (Å²) in [7, 11) is 0. The molecule has 0 atom stereocenters. The molecule has 8 heteroatoms. The maximum atomic E-state index is 11.8. The first-order chi connectivity index (χ1) is 12.2. The summed E-state index contributed by atoms with van der Waals surface area (Å²) < 4.78 is 1.68. The maximum Gasteiger partial charge on any atom is 0.244 e. The molecule has 1 amide bonds. The van der Waals surface area contributed by atoms with E-state index in [0.717, 1.165) is 4.88 Å². The molecule has 0 aliphatic rings. The van der Waals surface area contributed by atoms with Gasteiger partial charge in [-0.1, -0.05) is 6.07 Å². The molecular weight excluding hydrogens is 336 g/mol. The summed E-state index contributed by atoms with van der Waals surface area (Å²) in [6, 6.07) is 7.57. The third-order valence-corrected chi connectivity index (χ3v) is 4.07. The molecule has 0 aromatic carbocycles. The minimum atomic E-state index is -0.119. The standard InChI is InChI=1S/C17H18N6OS/c1-13-21-15(12-16(22-13)23-10-3-7-20-23)18-8-9-19-17(24)6-5-14-4-2-11-25-14/h2-7,10-12H,8-9H2,1H3,(H,19,24)(H,18,21,22)/b6-5+. The van der Waals surface area contributed by atoms with Gasteiger partial charge in [0.2, 0.25) is 5.91 Å². The van der Waals surface area contributed by atoms with E-state index in [9.17, 15) is 4.79 Å². The fourth-order valence-corrected chi connectivity index (χ4v) is 2.76. The Balaban J connectivity index is 1.48. The lowest BCUT2D eigenvalue weighted by atomic mass is 10.4. The van der Waals surface area contributed by atoms with Gasteiger partial charge in [0.25, 0.3) is 0 Å². The minimum Gasteiger partial charge on any atom is -0.368 e. The fraction of sp³-hybridized carbons (Fsp3) is 0.176. The highest BCUT2D eigenvalue weighted by Crippen LogP contribution is 2.10. The molecule has 3 aromatic rings. The van der Waals surface area contributed by atoms with Crippen molar-refractivity contribution in [1.82, 2.24) is 25.1 Å². The number of amides is 1. The normalized spacial score (nSPS) is 10.9. The van der Waals surface area contributed by atoms with Gasteiger partial charge in [-0.2, -0.15) is 5.10 Å². The zero-order chi connectivity index (χ0) is 17.5. The molecule has 2 N–H and O–H groups in total. The van der Waals surface area contributed by atoms with Crippen molar-refractivity contribution in [3.8, 4) is 5.82 Å². The van der Waals surface area contributed by atoms with Crippen LogP contribution in [-0.2, 0) is 4.79 Å². The second kappa shape index (κ2) is 8.20. The number of nitrogens with zero attached hydrogens (tertiary/aromatic N) is 4. The van der Waals surface area contributed by atoms with E-state index >= 15 is 0 Å². The van der Waals surface area contributed by atoms with Crippen LogP contribution in [0.25, 0.3) is 11.9 Å². The molecule has 7 nitrogen and oxygen atoms in total. The number of aromatic nitrogens is 4. The number of hydrogen-bond acceptors (Lipinski definition) is 6. The van der Waals surface area contributed by atoms with Crippen molar-refractivity contribution in [3.05, 3.63) is 58.8 Å². The number of anilines is 1. The number of aryl methyl sites for hydroxylation is 1. The third kappa shape index (κ3) is 4.98. The molecule has 0 saturated heterocycles. The Morgan fingerprint density at radius 3 is 3.00 bits per heavy atom. The Morgan fingerprint density at radius 2 is 2.24 bits per heavy atom. The Labute approximate surface area is 149 Å². The molecule has 0 saturated carbocycles. The summed E-state index contributed by atoms with van der Waals surface area (Å²) in [6.07, 6.45) is 6.86. The molecule has 0 aliphatic heterocycles. The van der Waals surface area contributed by atoms with Crippen molar-refractivity contribution in [2.45, 2.75) is 6.92 Å². The number of carbonyl (C=O) groups excluding carboxylic acids is 1. The summed E-state index contributed by atoms with van der Waals surface area (Å²) in [5.74, 6) is 1.93. The number of carbonyl (C=O) groups is 1. The van der Waals surface area contributed by atoms with Crippen LogP contribution in [0.4, 0.5) is 5.82 Å². The smallest absolute Gasteiger partial charge is 0.244 e. The Hall–Kier alpha value is -3.00. The van der Waals surface area contributed by atoms with Crippen LogP contribution >= 0.6 is 11.3 Å². The van der Waals surface area contributed by atoms with Crippen molar-refractivity contribution in [2.75, 3.05) is 18.4 Å². The molecule has 3 aromatic heterocycles. The first-order valence-corrected chi connectivity index (χ1v) is 8.68. The van der Waals surface area contributed by atoms with Crippen LogP contribution in [0.3, 0.4) is 0 Å². The van der Waals surface area contributed by atoms with Gasteiger partial charge in [0.1, 0.15) is 11.6 Å². The van der Waals surface area contributed by atoms with Crippen LogP contribution in [0.2, 0.25) is 0 Å². The monoisotopic (exact) mass is 354 g/mol. The lowest BCUT2D eigenvalue weighted by Gasteiger charge is -2.09. The highest BCUT2D eigenvalue weighted by Gasteiger charge is 2.04. The van der Waals surface area contributed by atoms with Crippen LogP contribution in [0.5, 0.6) is 0 Å². The second-order valence-corrected chi connectivity index (χ2v) is 6.16. The SMILES string of the molecule is Cc1nc(NCCNC(=O)/C=C/c2cccs2)cc(-n2cccn2)n1. The molecule has 0 aliphatic carbocycles. The molecule has 3 heterocycles. The minimum absolute atomic E-state index is 0.119. The van der Waals surface area contributed by atoms with E-state index in [-0.39, 0.29) is 5.91 Å². The van der Waals surface area contributed by atoms with Gasteiger partial charge < -0.3 is 10.6 Å². The molecule has 0 spiro atoms. The van der Waals surface area contributed by atoms with Gasteiger partial charge in [-0.25, -0.2) is 14.6 Å². The molecular formula is C17H18N6OS. The summed E-state index contributed by atoms with van der Waals surface area (Å²) in [6.45, 7) is 2.89. The summed E-state index contributed by atoms with van der Waals surface area (Å²) in [5, 5.41) is 12.2. The van der Waals surface area contributed by atoms with Crippen LogP contribution in [0, 0.1) is 6.92 Å². The number of rotatable bonds is 7. The lowest BCUT2D eigenvalue weighted by molar-refractivity contribution is -0.116. The molecule has 3 rings (SSSR count). The molecule has 0 unspecified atom stereocenters. The maximum absolute atomic E-state index is 11.8. The van der Waals surface area contributed by atoms with Gasteiger partial charge in [-0.15, -0.1) is 11.3 Å². The molecule has 0 bridgehead atoms. The van der Waals surface area contributed by atoms with Gasteiger partial charge in [-0.3, -0.25) is 4.79 Å². The molecule has 0 fully saturated rings.